The average molecular weight is 349 g/mol. The van der Waals surface area contributed by atoms with Gasteiger partial charge in [-0.15, -0.1) is 5.10 Å². The van der Waals surface area contributed by atoms with Gasteiger partial charge in [0.05, 0.1) is 17.9 Å². The molecule has 3 heterocycles. The van der Waals surface area contributed by atoms with Crippen molar-refractivity contribution >= 4 is 11.6 Å². The monoisotopic (exact) mass is 349 g/mol. The molecule has 134 valence electrons. The average Bonchev–Trinajstić information content (AvgIpc) is 3.20. The number of para-hydroxylation sites is 1. The molecule has 0 aliphatic carbocycles. The maximum atomic E-state index is 4.43. The second kappa shape index (κ2) is 7.51. The molecule has 4 rings (SSSR count). The molecule has 1 N–H and O–H groups in total. The third-order valence-electron chi connectivity index (χ3n) is 4.67. The summed E-state index contributed by atoms with van der Waals surface area (Å²) in [6.07, 6.45) is 7.33. The van der Waals surface area contributed by atoms with E-state index in [2.05, 4.69) is 37.4 Å². The number of nitrogens with zero attached hydrogens (tertiary/aromatic N) is 6. The van der Waals surface area contributed by atoms with Crippen LogP contribution in [-0.4, -0.2) is 38.1 Å². The zero-order chi connectivity index (χ0) is 17.8. The van der Waals surface area contributed by atoms with Crippen LogP contribution >= 0.6 is 0 Å². The highest BCUT2D eigenvalue weighted by Gasteiger charge is 2.15. The lowest BCUT2D eigenvalue weighted by molar-refractivity contribution is 0.573. The number of aromatic nitrogens is 5. The molecule has 0 amide bonds. The van der Waals surface area contributed by atoms with Gasteiger partial charge in [0.15, 0.2) is 0 Å². The first-order chi connectivity index (χ1) is 12.8. The highest BCUT2D eigenvalue weighted by Crippen LogP contribution is 2.22. The van der Waals surface area contributed by atoms with Crippen molar-refractivity contribution in [3.8, 4) is 5.69 Å². The molecule has 3 aromatic rings. The smallest absolute Gasteiger partial charge is 0.134 e. The fourth-order valence-corrected chi connectivity index (χ4v) is 3.20. The van der Waals surface area contributed by atoms with Gasteiger partial charge >= 0.3 is 0 Å². The first kappa shape index (κ1) is 16.5. The minimum absolute atomic E-state index is 0.00318. The van der Waals surface area contributed by atoms with Gasteiger partial charge in [-0.05, 0) is 38.3 Å². The molecule has 0 bridgehead atoms. The molecular formula is C19H23N7. The number of hydrogen-bond donors (Lipinski definition) is 1. The Bertz CT molecular complexity index is 840. The predicted molar refractivity (Wildman–Crippen MR) is 101 cm³/mol. The van der Waals surface area contributed by atoms with Crippen LogP contribution in [0.4, 0.5) is 11.6 Å². The quantitative estimate of drug-likeness (QED) is 0.762. The molecule has 2 aromatic heterocycles. The van der Waals surface area contributed by atoms with Gasteiger partial charge in [0.25, 0.3) is 0 Å². The minimum atomic E-state index is -0.00318. The Morgan fingerprint density at radius 3 is 2.65 bits per heavy atom. The van der Waals surface area contributed by atoms with Gasteiger partial charge < -0.3 is 10.2 Å². The molecule has 1 atom stereocenters. The summed E-state index contributed by atoms with van der Waals surface area (Å²) >= 11 is 0. The fraction of sp³-hybridized carbons (Fsp3) is 0.368. The van der Waals surface area contributed by atoms with Crippen LogP contribution in [0.2, 0.25) is 0 Å². The molecule has 1 aliphatic heterocycles. The number of benzene rings is 1. The SMILES string of the molecule is CC(Nc1cc(N2CCCCC2)ncn1)c1cn(-c2ccccc2)nn1. The van der Waals surface area contributed by atoms with E-state index in [0.29, 0.717) is 0 Å². The van der Waals surface area contributed by atoms with Gasteiger partial charge in [-0.25, -0.2) is 14.6 Å². The lowest BCUT2D eigenvalue weighted by atomic mass is 10.1. The maximum absolute atomic E-state index is 4.43. The first-order valence-electron chi connectivity index (χ1n) is 9.11. The topological polar surface area (TPSA) is 71.8 Å². The second-order valence-corrected chi connectivity index (χ2v) is 6.60. The van der Waals surface area contributed by atoms with Crippen molar-refractivity contribution < 1.29 is 0 Å². The zero-order valence-corrected chi connectivity index (χ0v) is 14.9. The van der Waals surface area contributed by atoms with Crippen LogP contribution in [0.25, 0.3) is 5.69 Å². The normalized spacial score (nSPS) is 15.7. The van der Waals surface area contributed by atoms with Crippen molar-refractivity contribution in [2.24, 2.45) is 0 Å². The second-order valence-electron chi connectivity index (χ2n) is 6.60. The Hall–Kier alpha value is -2.96. The van der Waals surface area contributed by atoms with Gasteiger partial charge in [0.1, 0.15) is 23.7 Å². The van der Waals surface area contributed by atoms with E-state index in [-0.39, 0.29) is 6.04 Å². The highest BCUT2D eigenvalue weighted by molar-refractivity contribution is 5.49. The molecule has 1 saturated heterocycles. The van der Waals surface area contributed by atoms with Crippen molar-refractivity contribution in [2.45, 2.75) is 32.2 Å². The Kier molecular flexibility index (Phi) is 4.77. The fourth-order valence-electron chi connectivity index (χ4n) is 3.20. The van der Waals surface area contributed by atoms with E-state index in [4.69, 9.17) is 0 Å². The van der Waals surface area contributed by atoms with E-state index >= 15 is 0 Å². The van der Waals surface area contributed by atoms with E-state index in [1.165, 1.54) is 19.3 Å². The summed E-state index contributed by atoms with van der Waals surface area (Å²) in [4.78, 5) is 11.1. The van der Waals surface area contributed by atoms with Crippen LogP contribution in [0.1, 0.15) is 37.9 Å². The molecule has 1 fully saturated rings. The molecule has 1 aromatic carbocycles. The molecule has 0 saturated carbocycles. The molecule has 7 nitrogen and oxygen atoms in total. The number of anilines is 2. The predicted octanol–water partition coefficient (Wildman–Crippen LogP) is 3.22. The van der Waals surface area contributed by atoms with Crippen molar-refractivity contribution in [3.05, 3.63) is 54.6 Å². The van der Waals surface area contributed by atoms with Crippen molar-refractivity contribution in [3.63, 3.8) is 0 Å². The summed E-state index contributed by atoms with van der Waals surface area (Å²) < 4.78 is 1.78. The molecule has 1 aliphatic rings. The molecule has 26 heavy (non-hydrogen) atoms. The summed E-state index contributed by atoms with van der Waals surface area (Å²) in [7, 11) is 0. The Morgan fingerprint density at radius 2 is 1.85 bits per heavy atom. The molecule has 1 unspecified atom stereocenters. The third kappa shape index (κ3) is 3.66. The van der Waals surface area contributed by atoms with Gasteiger partial charge in [0.2, 0.25) is 0 Å². The molecular weight excluding hydrogens is 326 g/mol. The van der Waals surface area contributed by atoms with Crippen LogP contribution in [-0.2, 0) is 0 Å². The van der Waals surface area contributed by atoms with Gasteiger partial charge in [-0.3, -0.25) is 0 Å². The molecule has 0 radical (unpaired) electrons. The third-order valence-corrected chi connectivity index (χ3v) is 4.67. The number of piperidine rings is 1. The van der Waals surface area contributed by atoms with Crippen LogP contribution in [0, 0.1) is 0 Å². The molecule has 7 heteroatoms. The van der Waals surface area contributed by atoms with Crippen LogP contribution in [0.15, 0.2) is 48.9 Å². The maximum Gasteiger partial charge on any atom is 0.134 e. The first-order valence-corrected chi connectivity index (χ1v) is 9.11. The summed E-state index contributed by atoms with van der Waals surface area (Å²) in [6.45, 7) is 4.19. The standard InChI is InChI=1S/C19H23N7/c1-15(17-13-26(24-23-17)16-8-4-2-5-9-16)22-18-12-19(21-14-20-18)25-10-6-3-7-11-25/h2,4-5,8-9,12-15H,3,6-7,10-11H2,1H3,(H,20,21,22). The Morgan fingerprint density at radius 1 is 1.04 bits per heavy atom. The van der Waals surface area contributed by atoms with Crippen LogP contribution < -0.4 is 10.2 Å². The highest BCUT2D eigenvalue weighted by atomic mass is 15.4. The number of rotatable bonds is 5. The van der Waals surface area contributed by atoms with Gasteiger partial charge in [-0.2, -0.15) is 0 Å². The minimum Gasteiger partial charge on any atom is -0.362 e. The van der Waals surface area contributed by atoms with Crippen molar-refractivity contribution in [1.29, 1.82) is 0 Å². The lowest BCUT2D eigenvalue weighted by Gasteiger charge is -2.27. The van der Waals surface area contributed by atoms with E-state index < -0.39 is 0 Å². The van der Waals surface area contributed by atoms with Crippen LogP contribution in [0.3, 0.4) is 0 Å². The van der Waals surface area contributed by atoms with E-state index in [1.54, 1.807) is 11.0 Å². The Balaban J connectivity index is 1.46. The van der Waals surface area contributed by atoms with Gasteiger partial charge in [0, 0.05) is 19.2 Å². The number of nitrogens with one attached hydrogen (secondary N) is 1. The summed E-state index contributed by atoms with van der Waals surface area (Å²) in [5.41, 5.74) is 1.86. The van der Waals surface area contributed by atoms with E-state index in [9.17, 15) is 0 Å². The van der Waals surface area contributed by atoms with E-state index in [1.807, 2.05) is 42.6 Å². The zero-order valence-electron chi connectivity index (χ0n) is 14.9. The van der Waals surface area contributed by atoms with Crippen molar-refractivity contribution in [1.82, 2.24) is 25.0 Å². The lowest BCUT2D eigenvalue weighted by Crippen LogP contribution is -2.30. The summed E-state index contributed by atoms with van der Waals surface area (Å²) in [5, 5.41) is 11.9. The van der Waals surface area contributed by atoms with Crippen LogP contribution in [0.5, 0.6) is 0 Å². The number of hydrogen-bond acceptors (Lipinski definition) is 6. The molecule has 0 spiro atoms. The summed E-state index contributed by atoms with van der Waals surface area (Å²) in [5.74, 6) is 1.80. The van der Waals surface area contributed by atoms with Crippen molar-refractivity contribution in [2.75, 3.05) is 23.3 Å². The van der Waals surface area contributed by atoms with Gasteiger partial charge in [-0.1, -0.05) is 23.4 Å². The Labute approximate surface area is 153 Å². The van der Waals surface area contributed by atoms with E-state index in [0.717, 1.165) is 36.1 Å². The summed E-state index contributed by atoms with van der Waals surface area (Å²) in [6, 6.07) is 12.0. The largest absolute Gasteiger partial charge is 0.362 e.